The van der Waals surface area contributed by atoms with E-state index in [4.69, 9.17) is 14.2 Å². The van der Waals surface area contributed by atoms with Crippen molar-refractivity contribution in [1.29, 1.82) is 0 Å². The summed E-state index contributed by atoms with van der Waals surface area (Å²) >= 11 is 0. The zero-order valence-corrected chi connectivity index (χ0v) is 16.6. The van der Waals surface area contributed by atoms with Gasteiger partial charge < -0.3 is 24.0 Å². The van der Waals surface area contributed by atoms with Gasteiger partial charge in [-0.3, -0.25) is 9.59 Å². The summed E-state index contributed by atoms with van der Waals surface area (Å²) in [6, 6.07) is 5.71. The number of amides is 2. The number of piperazine rings is 1. The number of hydrogen-bond acceptors (Lipinski definition) is 5. The summed E-state index contributed by atoms with van der Waals surface area (Å²) in [5.41, 5.74) is 0.218. The van der Waals surface area contributed by atoms with E-state index in [1.807, 2.05) is 41.8 Å². The molecule has 7 heteroatoms. The van der Waals surface area contributed by atoms with E-state index in [0.29, 0.717) is 51.7 Å². The summed E-state index contributed by atoms with van der Waals surface area (Å²) < 4.78 is 16.7. The van der Waals surface area contributed by atoms with E-state index >= 15 is 0 Å². The fourth-order valence-electron chi connectivity index (χ4n) is 4.06. The lowest BCUT2D eigenvalue weighted by Crippen LogP contribution is -2.55. The third-order valence-electron chi connectivity index (χ3n) is 5.88. The molecule has 28 heavy (non-hydrogen) atoms. The molecule has 3 aliphatic rings. The van der Waals surface area contributed by atoms with Crippen LogP contribution in [0.5, 0.6) is 11.5 Å². The van der Waals surface area contributed by atoms with Gasteiger partial charge in [-0.2, -0.15) is 0 Å². The molecule has 0 aromatic heterocycles. The molecular weight excluding hydrogens is 360 g/mol. The van der Waals surface area contributed by atoms with E-state index < -0.39 is 5.41 Å². The lowest BCUT2D eigenvalue weighted by molar-refractivity contribution is -0.147. The van der Waals surface area contributed by atoms with Crippen LogP contribution in [-0.4, -0.2) is 73.7 Å². The smallest absolute Gasteiger partial charge is 0.251 e. The number of ether oxygens (including phenoxy) is 3. The van der Waals surface area contributed by atoms with Crippen molar-refractivity contribution in [3.05, 3.63) is 23.8 Å². The van der Waals surface area contributed by atoms with Gasteiger partial charge in [-0.05, 0) is 44.4 Å². The lowest BCUT2D eigenvalue weighted by atomic mass is 9.82. The molecule has 0 radical (unpaired) electrons. The first-order chi connectivity index (χ1) is 13.5. The summed E-state index contributed by atoms with van der Waals surface area (Å²) in [4.78, 5) is 29.4. The quantitative estimate of drug-likeness (QED) is 0.787. The maximum Gasteiger partial charge on any atom is 0.251 e. The molecule has 3 heterocycles. The monoisotopic (exact) mass is 388 g/mol. The van der Waals surface area contributed by atoms with Crippen LogP contribution in [0.4, 0.5) is 0 Å². The van der Waals surface area contributed by atoms with E-state index in [2.05, 4.69) is 0 Å². The molecule has 4 rings (SSSR count). The second-order valence-corrected chi connectivity index (χ2v) is 8.10. The minimum Gasteiger partial charge on any atom is -0.486 e. The molecule has 1 aromatic carbocycles. The second-order valence-electron chi connectivity index (χ2n) is 8.10. The Labute approximate surface area is 165 Å². The zero-order valence-electron chi connectivity index (χ0n) is 16.6. The average Bonchev–Trinajstić information content (AvgIpc) is 3.27. The van der Waals surface area contributed by atoms with Crippen LogP contribution in [0.15, 0.2) is 18.2 Å². The summed E-state index contributed by atoms with van der Waals surface area (Å²) in [5, 5.41) is 0. The van der Waals surface area contributed by atoms with Crippen LogP contribution in [0.2, 0.25) is 0 Å². The first-order valence-corrected chi connectivity index (χ1v) is 10.1. The van der Waals surface area contributed by atoms with Crippen LogP contribution >= 0.6 is 0 Å². The SMILES string of the molecule is CC(C)(C(=O)N1CCN(C(=O)C2CCCO2)CC1)c1ccc2c(c1)OCCO2. The van der Waals surface area contributed by atoms with Gasteiger partial charge in [-0.1, -0.05) is 6.07 Å². The van der Waals surface area contributed by atoms with E-state index in [0.717, 1.165) is 24.2 Å². The minimum absolute atomic E-state index is 0.0633. The standard InChI is InChI=1S/C21H28N2O5/c1-21(2,15-5-6-16-18(14-15)28-13-12-27-16)20(25)23-9-7-22(8-10-23)19(24)17-4-3-11-26-17/h5-6,14,17H,3-4,7-13H2,1-2H3. The molecule has 1 unspecified atom stereocenters. The van der Waals surface area contributed by atoms with Gasteiger partial charge in [-0.15, -0.1) is 0 Å². The topological polar surface area (TPSA) is 68.3 Å². The van der Waals surface area contributed by atoms with Crippen molar-refractivity contribution in [3.63, 3.8) is 0 Å². The van der Waals surface area contributed by atoms with Crippen molar-refractivity contribution in [2.45, 2.75) is 38.2 Å². The summed E-state index contributed by atoms with van der Waals surface area (Å²) in [7, 11) is 0. The number of benzene rings is 1. The first-order valence-electron chi connectivity index (χ1n) is 10.1. The Morgan fingerprint density at radius 1 is 0.964 bits per heavy atom. The Balaban J connectivity index is 1.40. The maximum atomic E-state index is 13.2. The molecule has 2 fully saturated rings. The molecule has 0 saturated carbocycles. The largest absolute Gasteiger partial charge is 0.486 e. The van der Waals surface area contributed by atoms with Crippen LogP contribution < -0.4 is 9.47 Å². The van der Waals surface area contributed by atoms with Gasteiger partial charge in [0.1, 0.15) is 19.3 Å². The van der Waals surface area contributed by atoms with Crippen molar-refractivity contribution >= 4 is 11.8 Å². The normalized spacial score (nSPS) is 22.3. The van der Waals surface area contributed by atoms with Gasteiger partial charge in [-0.25, -0.2) is 0 Å². The van der Waals surface area contributed by atoms with Crippen molar-refractivity contribution in [3.8, 4) is 11.5 Å². The van der Waals surface area contributed by atoms with Crippen LogP contribution in [0.3, 0.4) is 0 Å². The fraction of sp³-hybridized carbons (Fsp3) is 0.619. The van der Waals surface area contributed by atoms with E-state index in [1.54, 1.807) is 0 Å². The molecule has 152 valence electrons. The highest BCUT2D eigenvalue weighted by Gasteiger charge is 2.37. The third kappa shape index (κ3) is 3.55. The highest BCUT2D eigenvalue weighted by atomic mass is 16.6. The molecule has 0 spiro atoms. The summed E-state index contributed by atoms with van der Waals surface area (Å²) in [6.07, 6.45) is 1.45. The molecule has 0 bridgehead atoms. The van der Waals surface area contributed by atoms with E-state index in [-0.39, 0.29) is 17.9 Å². The number of fused-ring (bicyclic) bond motifs is 1. The fourth-order valence-corrected chi connectivity index (χ4v) is 4.06. The number of carbonyl (C=O) groups excluding carboxylic acids is 2. The van der Waals surface area contributed by atoms with Crippen LogP contribution in [0, 0.1) is 0 Å². The van der Waals surface area contributed by atoms with Gasteiger partial charge >= 0.3 is 0 Å². The van der Waals surface area contributed by atoms with Crippen LogP contribution in [0.1, 0.15) is 32.3 Å². The van der Waals surface area contributed by atoms with Crippen LogP contribution in [0.25, 0.3) is 0 Å². The molecular formula is C21H28N2O5. The number of nitrogens with zero attached hydrogens (tertiary/aromatic N) is 2. The van der Waals surface area contributed by atoms with Gasteiger partial charge in [0, 0.05) is 32.8 Å². The molecule has 1 atom stereocenters. The predicted molar refractivity (Wildman–Crippen MR) is 103 cm³/mol. The number of rotatable bonds is 3. The van der Waals surface area contributed by atoms with E-state index in [1.165, 1.54) is 0 Å². The Morgan fingerprint density at radius 2 is 1.64 bits per heavy atom. The Hall–Kier alpha value is -2.28. The van der Waals surface area contributed by atoms with Crippen LogP contribution in [-0.2, 0) is 19.7 Å². The van der Waals surface area contributed by atoms with Crippen molar-refractivity contribution in [1.82, 2.24) is 9.80 Å². The highest BCUT2D eigenvalue weighted by Crippen LogP contribution is 2.36. The highest BCUT2D eigenvalue weighted by molar-refractivity contribution is 5.88. The molecule has 3 aliphatic heterocycles. The van der Waals surface area contributed by atoms with Gasteiger partial charge in [0.15, 0.2) is 11.5 Å². The molecule has 7 nitrogen and oxygen atoms in total. The molecule has 0 N–H and O–H groups in total. The Morgan fingerprint density at radius 3 is 2.32 bits per heavy atom. The first kappa shape index (κ1) is 19.1. The Kier molecular flexibility index (Phi) is 5.19. The maximum absolute atomic E-state index is 13.2. The molecule has 2 saturated heterocycles. The average molecular weight is 388 g/mol. The zero-order chi connectivity index (χ0) is 19.7. The molecule has 1 aromatic rings. The van der Waals surface area contributed by atoms with Gasteiger partial charge in [0.25, 0.3) is 5.91 Å². The van der Waals surface area contributed by atoms with Crippen molar-refractivity contribution in [2.24, 2.45) is 0 Å². The van der Waals surface area contributed by atoms with Gasteiger partial charge in [0.2, 0.25) is 5.91 Å². The lowest BCUT2D eigenvalue weighted by Gasteiger charge is -2.39. The van der Waals surface area contributed by atoms with Crippen molar-refractivity contribution in [2.75, 3.05) is 46.0 Å². The minimum atomic E-state index is -0.684. The van der Waals surface area contributed by atoms with Crippen molar-refractivity contribution < 1.29 is 23.8 Å². The summed E-state index contributed by atoms with van der Waals surface area (Å²) in [5.74, 6) is 1.54. The second kappa shape index (κ2) is 7.62. The number of carbonyl (C=O) groups is 2. The predicted octanol–water partition coefficient (Wildman–Crippen LogP) is 1.59. The third-order valence-corrected chi connectivity index (χ3v) is 5.88. The Bertz CT molecular complexity index is 749. The summed E-state index contributed by atoms with van der Waals surface area (Å²) in [6.45, 7) is 7.81. The molecule has 0 aliphatic carbocycles. The van der Waals surface area contributed by atoms with E-state index in [9.17, 15) is 9.59 Å². The number of hydrogen-bond donors (Lipinski definition) is 0. The van der Waals surface area contributed by atoms with Gasteiger partial charge in [0.05, 0.1) is 5.41 Å². The molecule has 2 amide bonds.